The van der Waals surface area contributed by atoms with E-state index in [9.17, 15) is 27.6 Å². The van der Waals surface area contributed by atoms with Crippen molar-refractivity contribution >= 4 is 11.9 Å². The van der Waals surface area contributed by atoms with E-state index in [0.717, 1.165) is 22.8 Å². The highest BCUT2D eigenvalue weighted by Crippen LogP contribution is 2.38. The van der Waals surface area contributed by atoms with Gasteiger partial charge in [0, 0.05) is 24.2 Å². The number of carbonyl (C=O) groups excluding carboxylic acids is 1. The zero-order valence-corrected chi connectivity index (χ0v) is 26.6. The van der Waals surface area contributed by atoms with Crippen molar-refractivity contribution < 1.29 is 41.3 Å². The average molecular weight is 676 g/mol. The molecule has 0 bridgehead atoms. The Kier molecular flexibility index (Phi) is 11.0. The van der Waals surface area contributed by atoms with Crippen LogP contribution in [-0.2, 0) is 23.3 Å². The summed E-state index contributed by atoms with van der Waals surface area (Å²) < 4.78 is 68.0. The maximum absolute atomic E-state index is 13.8. The van der Waals surface area contributed by atoms with E-state index in [1.54, 1.807) is 30.5 Å². The van der Waals surface area contributed by atoms with Crippen molar-refractivity contribution in [2.75, 3.05) is 4.90 Å². The fourth-order valence-electron chi connectivity index (χ4n) is 5.47. The topological polar surface area (TPSA) is 87.8 Å². The fraction of sp³-hybridized carbons (Fsp3) is 0.216. The van der Waals surface area contributed by atoms with Gasteiger partial charge in [-0.3, -0.25) is 4.90 Å². The molecule has 0 fully saturated rings. The molecule has 5 aromatic rings. The third-order valence-electron chi connectivity index (χ3n) is 7.94. The molecule has 3 aromatic carbocycles. The number of alkyl halides is 4. The maximum atomic E-state index is 13.8. The molecule has 1 atom stereocenters. The Morgan fingerprint density at radius 1 is 0.796 bits per heavy atom. The Bertz CT molecular complexity index is 1810. The quantitative estimate of drug-likeness (QED) is 0.0708. The summed E-state index contributed by atoms with van der Waals surface area (Å²) in [4.78, 5) is 19.9. The molecule has 0 aliphatic carbocycles. The van der Waals surface area contributed by atoms with Crippen molar-refractivity contribution in [1.29, 1.82) is 0 Å². The maximum Gasteiger partial charge on any atom is 0.416 e. The molecule has 5 rings (SSSR count). The van der Waals surface area contributed by atoms with Crippen LogP contribution in [0.3, 0.4) is 0 Å². The highest BCUT2D eigenvalue weighted by Gasteiger charge is 2.36. The second-order valence-electron chi connectivity index (χ2n) is 11.5. The van der Waals surface area contributed by atoms with Gasteiger partial charge in [0.05, 0.1) is 5.54 Å². The summed E-state index contributed by atoms with van der Waals surface area (Å²) in [6, 6.07) is 29.1. The molecule has 0 spiro atoms. The van der Waals surface area contributed by atoms with Crippen LogP contribution < -0.4 is 19.1 Å². The van der Waals surface area contributed by atoms with Crippen molar-refractivity contribution in [3.05, 3.63) is 155 Å². The molecule has 0 N–H and O–H groups in total. The van der Waals surface area contributed by atoms with Gasteiger partial charge in [0.15, 0.2) is 23.9 Å². The molecule has 254 valence electrons. The summed E-state index contributed by atoms with van der Waals surface area (Å²) in [6.07, 6.45) is 3.83. The molecule has 0 saturated carbocycles. The molecule has 0 radical (unpaired) electrons. The zero-order chi connectivity index (χ0) is 35.0. The van der Waals surface area contributed by atoms with Crippen LogP contribution in [-0.4, -0.2) is 24.3 Å². The first kappa shape index (κ1) is 34.7. The number of hydrogen-bond acceptors (Lipinski definition) is 6. The van der Waals surface area contributed by atoms with Crippen LogP contribution in [0.15, 0.2) is 122 Å². The molecule has 12 heteroatoms. The summed E-state index contributed by atoms with van der Waals surface area (Å²) in [7, 11) is 0. The Balaban J connectivity index is 1.53. The third kappa shape index (κ3) is 8.83. The van der Waals surface area contributed by atoms with Gasteiger partial charge in [0.2, 0.25) is 0 Å². The lowest BCUT2D eigenvalue weighted by Crippen LogP contribution is -2.46. The largest absolute Gasteiger partial charge is 0.619 e. The normalized spacial score (nSPS) is 12.1. The molecule has 1 amide bonds. The highest BCUT2D eigenvalue weighted by molar-refractivity contribution is 5.88. The number of ether oxygens (including phenoxy) is 3. The number of pyridine rings is 2. The summed E-state index contributed by atoms with van der Waals surface area (Å²) >= 11 is 0. The number of carbonyl (C=O) groups is 1. The molecule has 49 heavy (non-hydrogen) atoms. The van der Waals surface area contributed by atoms with Gasteiger partial charge >= 0.3 is 19.3 Å². The van der Waals surface area contributed by atoms with E-state index in [1.807, 2.05) is 74.5 Å². The summed E-state index contributed by atoms with van der Waals surface area (Å²) in [5.41, 5.74) is 2.47. The number of hydrogen-bond donors (Lipinski definition) is 0. The van der Waals surface area contributed by atoms with E-state index in [-0.39, 0.29) is 18.8 Å². The van der Waals surface area contributed by atoms with E-state index < -0.39 is 42.3 Å². The van der Waals surface area contributed by atoms with Gasteiger partial charge in [-0.2, -0.15) is 22.3 Å². The van der Waals surface area contributed by atoms with Crippen LogP contribution in [0.4, 0.5) is 28.2 Å². The lowest BCUT2D eigenvalue weighted by atomic mass is 9.86. The Labute approximate surface area is 280 Å². The number of amides is 1. The average Bonchev–Trinajstić information content (AvgIpc) is 3.09. The molecular weight excluding hydrogens is 642 g/mol. The monoisotopic (exact) mass is 675 g/mol. The van der Waals surface area contributed by atoms with E-state index >= 15 is 0 Å². The van der Waals surface area contributed by atoms with E-state index in [4.69, 9.17) is 4.74 Å². The van der Waals surface area contributed by atoms with Gasteiger partial charge in [0.25, 0.3) is 0 Å². The van der Waals surface area contributed by atoms with Gasteiger partial charge < -0.3 is 19.4 Å². The van der Waals surface area contributed by atoms with Crippen LogP contribution in [0.25, 0.3) is 0 Å². The van der Waals surface area contributed by atoms with Gasteiger partial charge in [-0.25, -0.2) is 9.78 Å². The molecule has 0 aliphatic heterocycles. The van der Waals surface area contributed by atoms with E-state index in [0.29, 0.717) is 15.9 Å². The number of nitrogens with zero attached hydrogens (tertiary/aromatic N) is 3. The molecule has 2 heterocycles. The van der Waals surface area contributed by atoms with Crippen molar-refractivity contribution in [2.45, 2.75) is 51.6 Å². The van der Waals surface area contributed by atoms with Crippen LogP contribution in [0.1, 0.15) is 47.6 Å². The van der Waals surface area contributed by atoms with Crippen LogP contribution in [0, 0.1) is 5.21 Å². The van der Waals surface area contributed by atoms with E-state index in [2.05, 4.69) is 14.5 Å². The van der Waals surface area contributed by atoms with Crippen molar-refractivity contribution in [1.82, 2.24) is 4.98 Å². The third-order valence-corrected chi connectivity index (χ3v) is 7.94. The second-order valence-corrected chi connectivity index (χ2v) is 11.5. The highest BCUT2D eigenvalue weighted by atomic mass is 19.3. The van der Waals surface area contributed by atoms with Crippen LogP contribution in [0.2, 0.25) is 0 Å². The first-order valence-corrected chi connectivity index (χ1v) is 15.2. The number of rotatable bonds is 13. The first-order chi connectivity index (χ1) is 23.5. The van der Waals surface area contributed by atoms with Gasteiger partial charge in [-0.1, -0.05) is 72.8 Å². The minimum Gasteiger partial charge on any atom is -0.619 e. The number of benzene rings is 3. The van der Waals surface area contributed by atoms with Crippen molar-refractivity contribution in [3.63, 3.8) is 0 Å². The minimum atomic E-state index is -3.29. The number of aromatic nitrogens is 2. The van der Waals surface area contributed by atoms with E-state index in [1.165, 1.54) is 29.4 Å². The van der Waals surface area contributed by atoms with Crippen LogP contribution >= 0.6 is 0 Å². The Morgan fingerprint density at radius 3 is 2.02 bits per heavy atom. The molecule has 0 saturated heterocycles. The molecule has 2 aromatic heterocycles. The molecule has 1 unspecified atom stereocenters. The summed E-state index contributed by atoms with van der Waals surface area (Å²) in [6.45, 7) is -2.78. The molecule has 0 aliphatic rings. The minimum absolute atomic E-state index is 0.0376. The van der Waals surface area contributed by atoms with Crippen LogP contribution in [0.5, 0.6) is 11.5 Å². The van der Waals surface area contributed by atoms with Gasteiger partial charge in [0.1, 0.15) is 12.4 Å². The van der Waals surface area contributed by atoms with Gasteiger partial charge in [-0.05, 0) is 66.3 Å². The second kappa shape index (κ2) is 15.5. The summed E-state index contributed by atoms with van der Waals surface area (Å²) in [5.74, 6) is -1.41. The Morgan fingerprint density at radius 2 is 1.41 bits per heavy atom. The number of halogens is 4. The predicted molar refractivity (Wildman–Crippen MR) is 173 cm³/mol. The van der Waals surface area contributed by atoms with Crippen molar-refractivity contribution in [2.24, 2.45) is 0 Å². The smallest absolute Gasteiger partial charge is 0.416 e. The SMILES string of the molecule is CC(C)(c1ccccc1)N(C(=O)OCc1ccccc1)c1ccc(C(Cc2cc[n+]([O-])cc2)c2ccc(OC(F)F)c(OC(F)F)c2)cn1. The predicted octanol–water partition coefficient (Wildman–Crippen LogP) is 8.37. The Hall–Kier alpha value is -5.65. The zero-order valence-electron chi connectivity index (χ0n) is 26.6. The first-order valence-electron chi connectivity index (χ1n) is 15.2. The molecule has 8 nitrogen and oxygen atoms in total. The van der Waals surface area contributed by atoms with Gasteiger partial charge in [-0.15, -0.1) is 0 Å². The van der Waals surface area contributed by atoms with Crippen molar-refractivity contribution in [3.8, 4) is 11.5 Å². The lowest BCUT2D eigenvalue weighted by molar-refractivity contribution is -0.605. The molecular formula is C37H33F4N3O5. The fourth-order valence-corrected chi connectivity index (χ4v) is 5.47. The standard InChI is InChI=1S/C37H33F4N3O5/c1-37(2,29-11-7-4-8-12-29)44(36(45)47-24-26-9-5-3-6-10-26)33-16-14-28(23-42-33)30(21-25-17-19-43(46)20-18-25)27-13-15-31(48-34(38)39)32(22-27)49-35(40)41/h3-20,22-23,30,34-35H,21,24H2,1-2H3. The lowest BCUT2D eigenvalue weighted by Gasteiger charge is -2.37. The summed E-state index contributed by atoms with van der Waals surface area (Å²) in [5, 5.41) is 11.7. The number of anilines is 1.